The molecule has 1 heterocycles. The van der Waals surface area contributed by atoms with E-state index in [0.717, 1.165) is 36.6 Å². The van der Waals surface area contributed by atoms with E-state index in [4.69, 9.17) is 14.2 Å². The molecule has 1 aliphatic heterocycles. The highest BCUT2D eigenvalue weighted by Crippen LogP contribution is 2.32. The topological polar surface area (TPSA) is 39.7 Å². The lowest BCUT2D eigenvalue weighted by atomic mass is 9.91. The zero-order chi connectivity index (χ0) is 14.4. The Bertz CT molecular complexity index is 428. The number of hydrogen-bond donors (Lipinski definition) is 1. The largest absolute Gasteiger partial charge is 0.496 e. The second kappa shape index (κ2) is 7.50. The van der Waals surface area contributed by atoms with Gasteiger partial charge in [-0.25, -0.2) is 0 Å². The van der Waals surface area contributed by atoms with Crippen molar-refractivity contribution in [2.24, 2.45) is 5.92 Å². The van der Waals surface area contributed by atoms with Crippen LogP contribution in [0, 0.1) is 5.92 Å². The third-order valence-electron chi connectivity index (χ3n) is 3.89. The summed E-state index contributed by atoms with van der Waals surface area (Å²) in [6.45, 7) is 2.76. The monoisotopic (exact) mass is 279 g/mol. The summed E-state index contributed by atoms with van der Waals surface area (Å²) >= 11 is 0. The first kappa shape index (κ1) is 15.1. The lowest BCUT2D eigenvalue weighted by Crippen LogP contribution is -2.30. The fourth-order valence-corrected chi connectivity index (χ4v) is 2.86. The van der Waals surface area contributed by atoms with Crippen molar-refractivity contribution in [3.8, 4) is 11.5 Å². The Morgan fingerprint density at radius 1 is 1.10 bits per heavy atom. The maximum Gasteiger partial charge on any atom is 0.124 e. The summed E-state index contributed by atoms with van der Waals surface area (Å²) in [5.41, 5.74) is 2.25. The van der Waals surface area contributed by atoms with E-state index in [1.54, 1.807) is 21.3 Å². The zero-order valence-electron chi connectivity index (χ0n) is 12.7. The Morgan fingerprint density at radius 2 is 1.80 bits per heavy atom. The first-order chi connectivity index (χ1) is 9.78. The molecule has 0 radical (unpaired) electrons. The van der Waals surface area contributed by atoms with Crippen LogP contribution in [0.15, 0.2) is 12.1 Å². The standard InChI is InChI=1S/C16H25NO3/c1-18-11-14-9-15(19-2)13(8-16(14)20-3)7-12-5-4-6-17-10-12/h8-9,12,17H,4-7,10-11H2,1-3H3. The number of nitrogens with one attached hydrogen (secondary N) is 1. The minimum atomic E-state index is 0.533. The number of ether oxygens (including phenoxy) is 3. The van der Waals surface area contributed by atoms with Crippen LogP contribution in [0.3, 0.4) is 0 Å². The number of benzene rings is 1. The fourth-order valence-electron chi connectivity index (χ4n) is 2.86. The summed E-state index contributed by atoms with van der Waals surface area (Å²) in [6.07, 6.45) is 3.56. The smallest absolute Gasteiger partial charge is 0.124 e. The quantitative estimate of drug-likeness (QED) is 0.868. The molecule has 1 fully saturated rings. The molecule has 4 heteroatoms. The van der Waals surface area contributed by atoms with Crippen molar-refractivity contribution in [1.82, 2.24) is 5.32 Å². The molecular formula is C16H25NO3. The summed E-state index contributed by atoms with van der Waals surface area (Å²) in [4.78, 5) is 0. The first-order valence-corrected chi connectivity index (χ1v) is 7.22. The zero-order valence-corrected chi connectivity index (χ0v) is 12.7. The molecule has 0 saturated carbocycles. The summed E-state index contributed by atoms with van der Waals surface area (Å²) in [5.74, 6) is 2.49. The molecule has 1 aliphatic rings. The molecule has 0 amide bonds. The van der Waals surface area contributed by atoms with E-state index in [0.29, 0.717) is 12.5 Å². The second-order valence-corrected chi connectivity index (χ2v) is 5.33. The van der Waals surface area contributed by atoms with Crippen LogP contribution in [-0.2, 0) is 17.8 Å². The van der Waals surface area contributed by atoms with E-state index in [9.17, 15) is 0 Å². The van der Waals surface area contributed by atoms with Gasteiger partial charge in [-0.1, -0.05) is 0 Å². The molecule has 20 heavy (non-hydrogen) atoms. The van der Waals surface area contributed by atoms with Crippen molar-refractivity contribution >= 4 is 0 Å². The summed E-state index contributed by atoms with van der Waals surface area (Å²) in [5, 5.41) is 3.46. The average molecular weight is 279 g/mol. The van der Waals surface area contributed by atoms with E-state index < -0.39 is 0 Å². The van der Waals surface area contributed by atoms with Crippen LogP contribution in [-0.4, -0.2) is 34.4 Å². The van der Waals surface area contributed by atoms with Crippen LogP contribution >= 0.6 is 0 Å². The Kier molecular flexibility index (Phi) is 5.68. The minimum Gasteiger partial charge on any atom is -0.496 e. The van der Waals surface area contributed by atoms with Gasteiger partial charge in [0.1, 0.15) is 11.5 Å². The predicted molar refractivity (Wildman–Crippen MR) is 79.6 cm³/mol. The van der Waals surface area contributed by atoms with Gasteiger partial charge in [0.05, 0.1) is 20.8 Å². The van der Waals surface area contributed by atoms with Gasteiger partial charge in [-0.15, -0.1) is 0 Å². The highest BCUT2D eigenvalue weighted by atomic mass is 16.5. The van der Waals surface area contributed by atoms with Gasteiger partial charge in [0.15, 0.2) is 0 Å². The molecule has 4 nitrogen and oxygen atoms in total. The van der Waals surface area contributed by atoms with E-state index >= 15 is 0 Å². The summed E-state index contributed by atoms with van der Waals surface area (Å²) < 4.78 is 16.2. The van der Waals surface area contributed by atoms with E-state index in [2.05, 4.69) is 11.4 Å². The minimum absolute atomic E-state index is 0.533. The highest BCUT2D eigenvalue weighted by molar-refractivity contribution is 5.46. The van der Waals surface area contributed by atoms with Crippen molar-refractivity contribution in [2.45, 2.75) is 25.9 Å². The van der Waals surface area contributed by atoms with Crippen molar-refractivity contribution in [1.29, 1.82) is 0 Å². The van der Waals surface area contributed by atoms with Crippen LogP contribution in [0.4, 0.5) is 0 Å². The lowest BCUT2D eigenvalue weighted by molar-refractivity contribution is 0.181. The SMILES string of the molecule is COCc1cc(OC)c(CC2CCCNC2)cc1OC. The lowest BCUT2D eigenvalue weighted by Gasteiger charge is -2.24. The Morgan fingerprint density at radius 3 is 2.40 bits per heavy atom. The Balaban J connectivity index is 2.21. The van der Waals surface area contributed by atoms with Gasteiger partial charge in [0.25, 0.3) is 0 Å². The molecule has 0 aliphatic carbocycles. The van der Waals surface area contributed by atoms with Gasteiger partial charge in [-0.3, -0.25) is 0 Å². The van der Waals surface area contributed by atoms with Crippen LogP contribution in [0.5, 0.6) is 11.5 Å². The Hall–Kier alpha value is -1.26. The van der Waals surface area contributed by atoms with E-state index in [-0.39, 0.29) is 0 Å². The van der Waals surface area contributed by atoms with Crippen molar-refractivity contribution in [3.05, 3.63) is 23.3 Å². The van der Waals surface area contributed by atoms with Gasteiger partial charge in [0.2, 0.25) is 0 Å². The molecule has 0 aromatic heterocycles. The molecule has 1 N–H and O–H groups in total. The third kappa shape index (κ3) is 3.64. The van der Waals surface area contributed by atoms with Gasteiger partial charge < -0.3 is 19.5 Å². The summed E-state index contributed by atoms with van der Waals surface area (Å²) in [7, 11) is 5.11. The van der Waals surface area contributed by atoms with E-state index in [1.165, 1.54) is 18.4 Å². The second-order valence-electron chi connectivity index (χ2n) is 5.33. The maximum absolute atomic E-state index is 5.54. The average Bonchev–Trinajstić information content (AvgIpc) is 2.49. The molecule has 1 aromatic rings. The normalized spacial score (nSPS) is 18.9. The van der Waals surface area contributed by atoms with Crippen LogP contribution in [0.1, 0.15) is 24.0 Å². The fraction of sp³-hybridized carbons (Fsp3) is 0.625. The van der Waals surface area contributed by atoms with Crippen LogP contribution in [0.25, 0.3) is 0 Å². The molecular weight excluding hydrogens is 254 g/mol. The van der Waals surface area contributed by atoms with Crippen molar-refractivity contribution < 1.29 is 14.2 Å². The summed E-state index contributed by atoms with van der Waals surface area (Å²) in [6, 6.07) is 4.13. The van der Waals surface area contributed by atoms with Crippen LogP contribution < -0.4 is 14.8 Å². The van der Waals surface area contributed by atoms with E-state index in [1.807, 2.05) is 6.07 Å². The van der Waals surface area contributed by atoms with Gasteiger partial charge in [-0.2, -0.15) is 0 Å². The highest BCUT2D eigenvalue weighted by Gasteiger charge is 2.18. The number of rotatable bonds is 6. The van der Waals surface area contributed by atoms with Crippen molar-refractivity contribution in [3.63, 3.8) is 0 Å². The van der Waals surface area contributed by atoms with Gasteiger partial charge in [0, 0.05) is 12.7 Å². The number of hydrogen-bond acceptors (Lipinski definition) is 4. The van der Waals surface area contributed by atoms with Crippen LogP contribution in [0.2, 0.25) is 0 Å². The van der Waals surface area contributed by atoms with Gasteiger partial charge in [-0.05, 0) is 56.0 Å². The predicted octanol–water partition coefficient (Wildman–Crippen LogP) is 2.39. The molecule has 2 rings (SSSR count). The first-order valence-electron chi connectivity index (χ1n) is 7.22. The van der Waals surface area contributed by atoms with Crippen molar-refractivity contribution in [2.75, 3.05) is 34.4 Å². The molecule has 112 valence electrons. The third-order valence-corrected chi connectivity index (χ3v) is 3.89. The number of methoxy groups -OCH3 is 3. The molecule has 0 spiro atoms. The molecule has 0 bridgehead atoms. The number of piperidine rings is 1. The van der Waals surface area contributed by atoms with Gasteiger partial charge >= 0.3 is 0 Å². The molecule has 1 atom stereocenters. The molecule has 1 saturated heterocycles. The molecule has 1 aromatic carbocycles. The Labute approximate surface area is 121 Å². The molecule has 1 unspecified atom stereocenters. The maximum atomic E-state index is 5.54.